The van der Waals surface area contributed by atoms with Crippen LogP contribution < -0.4 is 5.73 Å². The van der Waals surface area contributed by atoms with E-state index in [1.54, 1.807) is 0 Å². The fourth-order valence-corrected chi connectivity index (χ4v) is 0.500. The zero-order valence-corrected chi connectivity index (χ0v) is 5.67. The summed E-state index contributed by atoms with van der Waals surface area (Å²) in [5, 5.41) is 0. The molecular formula is C5H7F5N. The lowest BCUT2D eigenvalue weighted by Crippen LogP contribution is -2.39. The summed E-state index contributed by atoms with van der Waals surface area (Å²) in [6.45, 7) is 0.986. The van der Waals surface area contributed by atoms with Gasteiger partial charge in [-0.05, 0) is 6.92 Å². The lowest BCUT2D eigenvalue weighted by Gasteiger charge is -2.20. The molecule has 1 N–H and O–H groups in total. The van der Waals surface area contributed by atoms with Crippen LogP contribution in [0.1, 0.15) is 13.3 Å². The van der Waals surface area contributed by atoms with E-state index in [1.807, 2.05) is 0 Å². The van der Waals surface area contributed by atoms with Crippen molar-refractivity contribution in [2.75, 3.05) is 0 Å². The maximum atomic E-state index is 11.9. The second-order valence-electron chi connectivity index (χ2n) is 2.31. The van der Waals surface area contributed by atoms with Crippen molar-refractivity contribution in [1.29, 1.82) is 0 Å². The van der Waals surface area contributed by atoms with Gasteiger partial charge in [0.05, 0.1) is 0 Å². The monoisotopic (exact) mass is 176 g/mol. The molecule has 1 atom stereocenters. The van der Waals surface area contributed by atoms with Crippen molar-refractivity contribution in [1.82, 2.24) is 5.73 Å². The smallest absolute Gasteiger partial charge is 0.255 e. The van der Waals surface area contributed by atoms with Crippen molar-refractivity contribution >= 4 is 0 Å². The maximum Gasteiger partial charge on any atom is 0.453 e. The quantitative estimate of drug-likeness (QED) is 0.576. The molecule has 0 aromatic carbocycles. The minimum absolute atomic E-state index is 0.986. The van der Waals surface area contributed by atoms with Crippen LogP contribution in [0.3, 0.4) is 0 Å². The van der Waals surface area contributed by atoms with E-state index in [4.69, 9.17) is 5.73 Å². The van der Waals surface area contributed by atoms with Gasteiger partial charge in [0.2, 0.25) is 0 Å². The van der Waals surface area contributed by atoms with E-state index < -0.39 is 24.6 Å². The van der Waals surface area contributed by atoms with Crippen molar-refractivity contribution in [3.63, 3.8) is 0 Å². The molecule has 0 fully saturated rings. The van der Waals surface area contributed by atoms with E-state index in [-0.39, 0.29) is 0 Å². The molecule has 0 heterocycles. The van der Waals surface area contributed by atoms with Gasteiger partial charge in [0.15, 0.2) is 0 Å². The van der Waals surface area contributed by atoms with Crippen LogP contribution in [0.2, 0.25) is 0 Å². The first-order valence-electron chi connectivity index (χ1n) is 2.82. The summed E-state index contributed by atoms with van der Waals surface area (Å²) in [4.78, 5) is 0. The maximum absolute atomic E-state index is 11.9. The number of alkyl halides is 5. The zero-order valence-electron chi connectivity index (χ0n) is 5.67. The van der Waals surface area contributed by atoms with E-state index >= 15 is 0 Å². The highest BCUT2D eigenvalue weighted by molar-refractivity contribution is 4.78. The highest BCUT2D eigenvalue weighted by Crippen LogP contribution is 2.38. The van der Waals surface area contributed by atoms with E-state index in [2.05, 4.69) is 0 Å². The van der Waals surface area contributed by atoms with Gasteiger partial charge in [0, 0.05) is 12.5 Å². The Morgan fingerprint density at radius 1 is 1.18 bits per heavy atom. The average molecular weight is 176 g/mol. The SMILES string of the molecule is CC([NH])CC(F)(F)C(F)(F)F. The number of nitrogens with one attached hydrogen (secondary N) is 1. The molecule has 0 aromatic rings. The Hall–Kier alpha value is -0.390. The van der Waals surface area contributed by atoms with Gasteiger partial charge in [-0.25, -0.2) is 0 Å². The topological polar surface area (TPSA) is 23.8 Å². The van der Waals surface area contributed by atoms with E-state index in [9.17, 15) is 22.0 Å². The van der Waals surface area contributed by atoms with Crippen molar-refractivity contribution in [3.05, 3.63) is 0 Å². The highest BCUT2D eigenvalue weighted by Gasteiger charge is 2.57. The Labute approximate surface area is 60.4 Å². The zero-order chi connectivity index (χ0) is 9.28. The summed E-state index contributed by atoms with van der Waals surface area (Å²) in [5.74, 6) is -4.73. The van der Waals surface area contributed by atoms with E-state index in [0.717, 1.165) is 6.92 Å². The molecule has 0 spiro atoms. The third kappa shape index (κ3) is 3.00. The van der Waals surface area contributed by atoms with Gasteiger partial charge in [0.25, 0.3) is 0 Å². The predicted molar refractivity (Wildman–Crippen MR) is 28.2 cm³/mol. The fraction of sp³-hybridized carbons (Fsp3) is 1.00. The van der Waals surface area contributed by atoms with Gasteiger partial charge < -0.3 is 0 Å². The van der Waals surface area contributed by atoms with Crippen LogP contribution >= 0.6 is 0 Å². The molecule has 0 aromatic heterocycles. The summed E-state index contributed by atoms with van der Waals surface area (Å²) in [5.41, 5.74) is 6.53. The van der Waals surface area contributed by atoms with Crippen LogP contribution in [0.4, 0.5) is 22.0 Å². The van der Waals surface area contributed by atoms with Crippen LogP contribution in [-0.2, 0) is 0 Å². The Morgan fingerprint density at radius 2 is 1.55 bits per heavy atom. The predicted octanol–water partition coefficient (Wildman–Crippen LogP) is 2.25. The lowest BCUT2D eigenvalue weighted by atomic mass is 10.1. The normalized spacial score (nSPS) is 16.6. The minimum atomic E-state index is -5.53. The Kier molecular flexibility index (Phi) is 2.82. The van der Waals surface area contributed by atoms with Crippen LogP contribution in [0.5, 0.6) is 0 Å². The molecule has 1 nitrogen and oxygen atoms in total. The molecule has 0 saturated heterocycles. The summed E-state index contributed by atoms with van der Waals surface area (Å²) >= 11 is 0. The molecule has 0 aliphatic heterocycles. The average Bonchev–Trinajstić information content (AvgIpc) is 1.56. The molecule has 67 valence electrons. The van der Waals surface area contributed by atoms with Crippen LogP contribution in [0.25, 0.3) is 0 Å². The number of halogens is 5. The largest absolute Gasteiger partial charge is 0.453 e. The van der Waals surface area contributed by atoms with Gasteiger partial charge in [-0.1, -0.05) is 0 Å². The molecule has 1 unspecified atom stereocenters. The molecule has 0 saturated carbocycles. The van der Waals surface area contributed by atoms with Gasteiger partial charge >= 0.3 is 12.1 Å². The minimum Gasteiger partial charge on any atom is -0.255 e. The molecule has 0 bridgehead atoms. The Balaban J connectivity index is 4.22. The van der Waals surface area contributed by atoms with Gasteiger partial charge in [-0.3, -0.25) is 5.73 Å². The van der Waals surface area contributed by atoms with E-state index in [1.165, 1.54) is 0 Å². The first-order chi connectivity index (χ1) is 4.67. The summed E-state index contributed by atoms with van der Waals surface area (Å²) in [7, 11) is 0. The van der Waals surface area contributed by atoms with Crippen molar-refractivity contribution in [3.8, 4) is 0 Å². The molecule has 0 aliphatic rings. The summed E-state index contributed by atoms with van der Waals surface area (Å²) in [6, 6.07) is -1.41. The lowest BCUT2D eigenvalue weighted by molar-refractivity contribution is -0.285. The Bertz CT molecular complexity index is 127. The number of hydrogen-bond donors (Lipinski definition) is 0. The van der Waals surface area contributed by atoms with Gasteiger partial charge in [0.1, 0.15) is 0 Å². The molecule has 1 radical (unpaired) electrons. The Morgan fingerprint density at radius 3 is 1.64 bits per heavy atom. The molecule has 6 heteroatoms. The van der Waals surface area contributed by atoms with Crippen LogP contribution in [0.15, 0.2) is 0 Å². The second kappa shape index (κ2) is 2.92. The second-order valence-corrected chi connectivity index (χ2v) is 2.31. The molecule has 0 amide bonds. The first kappa shape index (κ1) is 10.6. The van der Waals surface area contributed by atoms with Gasteiger partial charge in [-0.2, -0.15) is 22.0 Å². The summed E-state index contributed by atoms with van der Waals surface area (Å²) in [6.07, 6.45) is -7.00. The van der Waals surface area contributed by atoms with Crippen molar-refractivity contribution in [2.45, 2.75) is 31.5 Å². The molecule has 0 aliphatic carbocycles. The fourth-order valence-electron chi connectivity index (χ4n) is 0.500. The van der Waals surface area contributed by atoms with Crippen LogP contribution in [-0.4, -0.2) is 18.1 Å². The molecule has 0 rings (SSSR count). The molecule has 11 heavy (non-hydrogen) atoms. The van der Waals surface area contributed by atoms with Gasteiger partial charge in [-0.15, -0.1) is 0 Å². The highest BCUT2D eigenvalue weighted by atomic mass is 19.4. The third-order valence-corrected chi connectivity index (χ3v) is 0.977. The first-order valence-corrected chi connectivity index (χ1v) is 2.82. The number of hydrogen-bond acceptors (Lipinski definition) is 0. The van der Waals surface area contributed by atoms with E-state index in [0.29, 0.717) is 0 Å². The standard InChI is InChI=1S/C5H7F5N/c1-3(11)2-4(6,7)5(8,9)10/h3,11H,2H2,1H3. The third-order valence-electron chi connectivity index (χ3n) is 0.977. The van der Waals surface area contributed by atoms with Crippen LogP contribution in [0, 0.1) is 0 Å². The number of rotatable bonds is 2. The molecular weight excluding hydrogens is 169 g/mol. The summed E-state index contributed by atoms with van der Waals surface area (Å²) < 4.78 is 58.0. The van der Waals surface area contributed by atoms with Crippen molar-refractivity contribution < 1.29 is 22.0 Å². The van der Waals surface area contributed by atoms with Crippen molar-refractivity contribution in [2.24, 2.45) is 0 Å².